The zero-order chi connectivity index (χ0) is 24.1. The summed E-state index contributed by atoms with van der Waals surface area (Å²) in [4.78, 5) is 19.8. The van der Waals surface area contributed by atoms with Crippen LogP contribution in [0.1, 0.15) is 24.1 Å². The van der Waals surface area contributed by atoms with Crippen LogP contribution in [-0.2, 0) is 0 Å². The van der Waals surface area contributed by atoms with Crippen LogP contribution in [0.25, 0.3) is 10.9 Å². The summed E-state index contributed by atoms with van der Waals surface area (Å²) >= 11 is 0. The van der Waals surface area contributed by atoms with Crippen LogP contribution >= 0.6 is 0 Å². The highest BCUT2D eigenvalue weighted by molar-refractivity contribution is 5.83. The van der Waals surface area contributed by atoms with E-state index in [1.54, 1.807) is 19.2 Å². The topological polar surface area (TPSA) is 123 Å². The molecule has 8 nitrogen and oxygen atoms in total. The van der Waals surface area contributed by atoms with Crippen molar-refractivity contribution in [1.29, 1.82) is 5.26 Å². The highest BCUT2D eigenvalue weighted by atomic mass is 19.1. The zero-order valence-corrected chi connectivity index (χ0v) is 18.2. The minimum atomic E-state index is -1.20. The molecule has 0 saturated heterocycles. The van der Waals surface area contributed by atoms with Gasteiger partial charge in [-0.3, -0.25) is 4.98 Å². The van der Waals surface area contributed by atoms with E-state index in [-0.39, 0.29) is 17.2 Å². The van der Waals surface area contributed by atoms with Crippen molar-refractivity contribution in [2.75, 3.05) is 10.6 Å². The number of aromatic nitrogens is 2. The van der Waals surface area contributed by atoms with Crippen molar-refractivity contribution in [3.05, 3.63) is 89.9 Å². The van der Waals surface area contributed by atoms with Crippen LogP contribution in [0.5, 0.6) is 0 Å². The van der Waals surface area contributed by atoms with Crippen molar-refractivity contribution >= 4 is 34.3 Å². The third-order valence-corrected chi connectivity index (χ3v) is 5.26. The Bertz CT molecular complexity index is 1370. The lowest BCUT2D eigenvalue weighted by Gasteiger charge is -2.26. The fourth-order valence-corrected chi connectivity index (χ4v) is 3.64. The summed E-state index contributed by atoms with van der Waals surface area (Å²) in [7, 11) is 0. The number of fused-ring (bicyclic) bond motifs is 1. The highest BCUT2D eigenvalue weighted by Gasteiger charge is 2.23. The molecule has 4 aromatic rings. The van der Waals surface area contributed by atoms with Crippen molar-refractivity contribution in [2.45, 2.75) is 19.0 Å². The Kier molecular flexibility index (Phi) is 6.50. The molecule has 0 aliphatic heterocycles. The maximum absolute atomic E-state index is 14.9. The number of anilines is 3. The molecule has 4 N–H and O–H groups in total. The number of hydrogen-bond acceptors (Lipinski definition) is 6. The van der Waals surface area contributed by atoms with Gasteiger partial charge < -0.3 is 21.1 Å². The van der Waals surface area contributed by atoms with E-state index in [9.17, 15) is 19.6 Å². The number of carboxylic acid groups (broad SMARTS) is 1. The van der Waals surface area contributed by atoms with Crippen LogP contribution in [0.4, 0.5) is 26.5 Å². The fourth-order valence-electron chi connectivity index (χ4n) is 3.64. The Morgan fingerprint density at radius 1 is 1.09 bits per heavy atom. The number of nitrogens with one attached hydrogen (secondary N) is 3. The predicted molar refractivity (Wildman–Crippen MR) is 127 cm³/mol. The van der Waals surface area contributed by atoms with Crippen LogP contribution in [0, 0.1) is 17.1 Å². The van der Waals surface area contributed by atoms with Crippen molar-refractivity contribution in [2.24, 2.45) is 0 Å². The third-order valence-electron chi connectivity index (χ3n) is 5.26. The lowest BCUT2D eigenvalue weighted by atomic mass is 10.0. The Balaban J connectivity index is 1.69. The summed E-state index contributed by atoms with van der Waals surface area (Å²) in [6.07, 6.45) is 0.503. The maximum Gasteiger partial charge on any atom is 0.404 e. The Labute approximate surface area is 195 Å². The van der Waals surface area contributed by atoms with Crippen LogP contribution in [0.3, 0.4) is 0 Å². The quantitative estimate of drug-likeness (QED) is 0.302. The molecular formula is C25H21FN6O2. The van der Waals surface area contributed by atoms with Gasteiger partial charge >= 0.3 is 6.09 Å². The van der Waals surface area contributed by atoms with Gasteiger partial charge in [0.05, 0.1) is 23.2 Å². The molecule has 2 heterocycles. The van der Waals surface area contributed by atoms with E-state index in [4.69, 9.17) is 0 Å². The van der Waals surface area contributed by atoms with Crippen molar-refractivity contribution in [3.63, 3.8) is 0 Å². The first kappa shape index (κ1) is 22.5. The molecule has 2 aromatic carbocycles. The SMILES string of the molecule is C[C@H](NC(=O)O)[C@@H](Nc1nc(Nc2ccc3ncccc3c2)c(C#N)cc1F)c1ccccc1. The number of pyridine rings is 2. The Morgan fingerprint density at radius 2 is 1.88 bits per heavy atom. The van der Waals surface area contributed by atoms with Gasteiger partial charge in [-0.25, -0.2) is 14.2 Å². The van der Waals surface area contributed by atoms with E-state index >= 15 is 0 Å². The monoisotopic (exact) mass is 456 g/mol. The molecule has 0 unspecified atom stereocenters. The smallest absolute Gasteiger partial charge is 0.404 e. The van der Waals surface area contributed by atoms with Crippen molar-refractivity contribution < 1.29 is 14.3 Å². The molecule has 34 heavy (non-hydrogen) atoms. The third kappa shape index (κ3) is 5.02. The minimum absolute atomic E-state index is 0.0299. The van der Waals surface area contributed by atoms with Crippen molar-refractivity contribution in [3.8, 4) is 6.07 Å². The summed E-state index contributed by atoms with van der Waals surface area (Å²) in [5, 5.41) is 28.1. The van der Waals surface area contributed by atoms with Gasteiger partial charge in [-0.1, -0.05) is 36.4 Å². The van der Waals surface area contributed by atoms with E-state index in [2.05, 4.69) is 25.9 Å². The second-order valence-corrected chi connectivity index (χ2v) is 7.63. The summed E-state index contributed by atoms with van der Waals surface area (Å²) < 4.78 is 14.9. The van der Waals surface area contributed by atoms with E-state index in [1.165, 1.54) is 0 Å². The van der Waals surface area contributed by atoms with Gasteiger partial charge in [0, 0.05) is 17.3 Å². The standard InChI is InChI=1S/C25H21FN6O2/c1-15(29-25(33)34)22(16-6-3-2-4-7-16)31-24-20(26)13-18(14-27)23(32-24)30-19-9-10-21-17(12-19)8-5-11-28-21/h2-13,15,22,29H,1H3,(H,33,34)(H2,30,31,32)/t15-,22+/m0/s1. The minimum Gasteiger partial charge on any atom is -0.465 e. The largest absolute Gasteiger partial charge is 0.465 e. The number of halogens is 1. The molecule has 170 valence electrons. The highest BCUT2D eigenvalue weighted by Crippen LogP contribution is 2.28. The van der Waals surface area contributed by atoms with Crippen LogP contribution in [-0.4, -0.2) is 27.2 Å². The van der Waals surface area contributed by atoms with Gasteiger partial charge in [0.2, 0.25) is 0 Å². The van der Waals surface area contributed by atoms with Crippen molar-refractivity contribution in [1.82, 2.24) is 15.3 Å². The lowest BCUT2D eigenvalue weighted by molar-refractivity contribution is 0.189. The average molecular weight is 456 g/mol. The molecule has 0 spiro atoms. The normalized spacial score (nSPS) is 12.4. The number of rotatable bonds is 7. The second-order valence-electron chi connectivity index (χ2n) is 7.63. The molecule has 2 aromatic heterocycles. The fraction of sp³-hybridized carbons (Fsp3) is 0.120. The second kappa shape index (κ2) is 9.83. The predicted octanol–water partition coefficient (Wildman–Crippen LogP) is 5.19. The first-order valence-electron chi connectivity index (χ1n) is 10.5. The van der Waals surface area contributed by atoms with E-state index < -0.39 is 24.0 Å². The number of carbonyl (C=O) groups is 1. The van der Waals surface area contributed by atoms with Gasteiger partial charge in [-0.05, 0) is 42.8 Å². The molecule has 0 bridgehead atoms. The van der Waals surface area contributed by atoms with Gasteiger partial charge in [0.15, 0.2) is 17.5 Å². The van der Waals surface area contributed by atoms with E-state index in [0.717, 1.165) is 22.5 Å². The van der Waals surface area contributed by atoms with Crippen LogP contribution < -0.4 is 16.0 Å². The number of nitriles is 1. The molecule has 2 atom stereocenters. The molecule has 1 amide bonds. The maximum atomic E-state index is 14.9. The Hall–Kier alpha value is -4.71. The summed E-state index contributed by atoms with van der Waals surface area (Å²) in [5.41, 5.74) is 2.24. The first-order valence-corrected chi connectivity index (χ1v) is 10.5. The molecule has 0 radical (unpaired) electrons. The molecule has 0 aliphatic rings. The molecule has 4 rings (SSSR count). The zero-order valence-electron chi connectivity index (χ0n) is 18.2. The number of benzene rings is 2. The summed E-state index contributed by atoms with van der Waals surface area (Å²) in [5.74, 6) is -0.676. The number of amides is 1. The number of nitrogens with zero attached hydrogens (tertiary/aromatic N) is 3. The molecule has 0 saturated carbocycles. The molecule has 0 aliphatic carbocycles. The van der Waals surface area contributed by atoms with E-state index in [0.29, 0.717) is 5.69 Å². The van der Waals surface area contributed by atoms with Gasteiger partial charge in [-0.2, -0.15) is 5.26 Å². The molecule has 9 heteroatoms. The lowest BCUT2D eigenvalue weighted by Crippen LogP contribution is -2.39. The first-order chi connectivity index (χ1) is 16.4. The molecule has 0 fully saturated rings. The Morgan fingerprint density at radius 3 is 2.62 bits per heavy atom. The van der Waals surface area contributed by atoms with Gasteiger partial charge in [-0.15, -0.1) is 0 Å². The van der Waals surface area contributed by atoms with Crippen LogP contribution in [0.15, 0.2) is 72.9 Å². The number of hydrogen-bond donors (Lipinski definition) is 4. The van der Waals surface area contributed by atoms with E-state index in [1.807, 2.05) is 60.7 Å². The summed E-state index contributed by atoms with van der Waals surface area (Å²) in [6, 6.07) is 20.1. The van der Waals surface area contributed by atoms with Gasteiger partial charge in [0.1, 0.15) is 6.07 Å². The van der Waals surface area contributed by atoms with Gasteiger partial charge in [0.25, 0.3) is 0 Å². The average Bonchev–Trinajstić information content (AvgIpc) is 2.84. The van der Waals surface area contributed by atoms with Crippen LogP contribution in [0.2, 0.25) is 0 Å². The molecular weight excluding hydrogens is 435 g/mol. The summed E-state index contributed by atoms with van der Waals surface area (Å²) in [6.45, 7) is 1.67.